The minimum atomic E-state index is -0.241. The average molecular weight is 393 g/mol. The molecule has 0 aliphatic heterocycles. The van der Waals surface area contributed by atoms with Gasteiger partial charge in [-0.25, -0.2) is 0 Å². The van der Waals surface area contributed by atoms with Crippen LogP contribution >= 0.6 is 11.8 Å². The van der Waals surface area contributed by atoms with E-state index in [-0.39, 0.29) is 11.2 Å². The molecule has 2 aromatic carbocycles. The van der Waals surface area contributed by atoms with Gasteiger partial charge >= 0.3 is 0 Å². The third-order valence-electron chi connectivity index (χ3n) is 4.82. The molecule has 1 saturated carbocycles. The van der Waals surface area contributed by atoms with Crippen molar-refractivity contribution in [2.75, 3.05) is 6.54 Å². The Morgan fingerprint density at radius 2 is 1.79 bits per heavy atom. The zero-order chi connectivity index (χ0) is 19.3. The summed E-state index contributed by atoms with van der Waals surface area (Å²) in [5, 5.41) is 12.4. The van der Waals surface area contributed by atoms with E-state index in [1.54, 1.807) is 0 Å². The number of nitrogens with one attached hydrogen (secondary N) is 1. The maximum Gasteiger partial charge on any atom is 0.233 e. The topological polar surface area (TPSA) is 59.8 Å². The summed E-state index contributed by atoms with van der Waals surface area (Å²) in [6.45, 7) is 2.55. The van der Waals surface area contributed by atoms with Crippen molar-refractivity contribution in [3.05, 3.63) is 72.1 Å². The van der Waals surface area contributed by atoms with Gasteiger partial charge in [0.1, 0.15) is 5.82 Å². The van der Waals surface area contributed by atoms with Gasteiger partial charge in [-0.05, 0) is 43.9 Å². The summed E-state index contributed by atoms with van der Waals surface area (Å²) in [5.74, 6) is 1.51. The molecule has 144 valence electrons. The molecule has 1 aromatic heterocycles. The second-order valence-electron chi connectivity index (χ2n) is 7.07. The molecular weight excluding hydrogens is 368 g/mol. The number of carbonyl (C=O) groups is 1. The van der Waals surface area contributed by atoms with Crippen LogP contribution in [0.15, 0.2) is 65.8 Å². The largest absolute Gasteiger partial charge is 0.355 e. The van der Waals surface area contributed by atoms with Crippen LogP contribution in [0.2, 0.25) is 0 Å². The standard InChI is InChI=1S/C22H24N4OS/c1-16(21(27)23-15-14-17-8-4-2-5-9-17)28-22-25-24-20(18-12-13-18)26(22)19-10-6-3-7-11-19/h2-11,16,18H,12-15H2,1H3,(H,23,27)/t16-/m1/s1. The molecule has 4 rings (SSSR count). The van der Waals surface area contributed by atoms with Gasteiger partial charge in [0.15, 0.2) is 5.16 Å². The number of rotatable bonds is 8. The van der Waals surface area contributed by atoms with E-state index in [0.29, 0.717) is 12.5 Å². The number of nitrogens with zero attached hydrogens (tertiary/aromatic N) is 3. The van der Waals surface area contributed by atoms with Gasteiger partial charge in [-0.15, -0.1) is 10.2 Å². The van der Waals surface area contributed by atoms with Gasteiger partial charge in [-0.2, -0.15) is 0 Å². The molecule has 5 nitrogen and oxygen atoms in total. The number of aromatic nitrogens is 3. The van der Waals surface area contributed by atoms with Crippen molar-refractivity contribution in [1.82, 2.24) is 20.1 Å². The molecule has 0 spiro atoms. The molecule has 0 radical (unpaired) electrons. The lowest BCUT2D eigenvalue weighted by atomic mass is 10.1. The van der Waals surface area contributed by atoms with Gasteiger partial charge in [0, 0.05) is 18.2 Å². The molecule has 1 N–H and O–H groups in total. The molecule has 0 bridgehead atoms. The summed E-state index contributed by atoms with van der Waals surface area (Å²) in [5.41, 5.74) is 2.27. The fraction of sp³-hybridized carbons (Fsp3) is 0.318. The fourth-order valence-electron chi connectivity index (χ4n) is 3.11. The first kappa shape index (κ1) is 18.7. The van der Waals surface area contributed by atoms with Crippen LogP contribution in [0.4, 0.5) is 0 Å². The Morgan fingerprint density at radius 1 is 1.11 bits per heavy atom. The summed E-state index contributed by atoms with van der Waals surface area (Å²) in [6, 6.07) is 20.3. The van der Waals surface area contributed by atoms with Crippen LogP contribution < -0.4 is 5.32 Å². The highest BCUT2D eigenvalue weighted by Gasteiger charge is 2.31. The van der Waals surface area contributed by atoms with Crippen LogP contribution in [-0.2, 0) is 11.2 Å². The van der Waals surface area contributed by atoms with Gasteiger partial charge in [-0.3, -0.25) is 9.36 Å². The molecule has 1 amide bonds. The predicted molar refractivity (Wildman–Crippen MR) is 112 cm³/mol. The first-order valence-electron chi connectivity index (χ1n) is 9.71. The number of hydrogen-bond acceptors (Lipinski definition) is 4. The van der Waals surface area contributed by atoms with Gasteiger partial charge in [0.25, 0.3) is 0 Å². The van der Waals surface area contributed by atoms with E-state index in [0.717, 1.165) is 35.9 Å². The normalized spacial score (nSPS) is 14.6. The minimum Gasteiger partial charge on any atom is -0.355 e. The van der Waals surface area contributed by atoms with Crippen molar-refractivity contribution in [2.24, 2.45) is 0 Å². The molecule has 1 atom stereocenters. The number of para-hydroxylation sites is 1. The molecule has 0 saturated heterocycles. The molecule has 1 fully saturated rings. The Kier molecular flexibility index (Phi) is 5.76. The lowest BCUT2D eigenvalue weighted by Crippen LogP contribution is -2.32. The van der Waals surface area contributed by atoms with Crippen LogP contribution in [-0.4, -0.2) is 32.5 Å². The van der Waals surface area contributed by atoms with Crippen LogP contribution in [0.25, 0.3) is 5.69 Å². The minimum absolute atomic E-state index is 0.0246. The van der Waals surface area contributed by atoms with E-state index < -0.39 is 0 Å². The Labute approximate surface area is 169 Å². The lowest BCUT2D eigenvalue weighted by Gasteiger charge is -2.14. The molecule has 3 aromatic rings. The summed E-state index contributed by atoms with van der Waals surface area (Å²) >= 11 is 1.46. The highest BCUT2D eigenvalue weighted by molar-refractivity contribution is 8.00. The third-order valence-corrected chi connectivity index (χ3v) is 5.87. The average Bonchev–Trinajstić information content (AvgIpc) is 3.49. The van der Waals surface area contributed by atoms with Crippen molar-refractivity contribution in [1.29, 1.82) is 0 Å². The number of hydrogen-bond donors (Lipinski definition) is 1. The van der Waals surface area contributed by atoms with Crippen LogP contribution in [0.3, 0.4) is 0 Å². The second-order valence-corrected chi connectivity index (χ2v) is 8.38. The van der Waals surface area contributed by atoms with Crippen molar-refractivity contribution >= 4 is 17.7 Å². The Balaban J connectivity index is 1.41. The van der Waals surface area contributed by atoms with Gasteiger partial charge in [0.05, 0.1) is 5.25 Å². The maximum absolute atomic E-state index is 12.5. The molecular formula is C22H24N4OS. The summed E-state index contributed by atoms with van der Waals surface area (Å²) in [4.78, 5) is 12.5. The third kappa shape index (κ3) is 4.44. The van der Waals surface area contributed by atoms with E-state index >= 15 is 0 Å². The molecule has 1 heterocycles. The Hall–Kier alpha value is -2.60. The number of benzene rings is 2. The quantitative estimate of drug-likeness (QED) is 0.589. The highest BCUT2D eigenvalue weighted by Crippen LogP contribution is 2.41. The monoisotopic (exact) mass is 392 g/mol. The molecule has 0 unspecified atom stereocenters. The SMILES string of the molecule is C[C@@H](Sc1nnc(C2CC2)n1-c1ccccc1)C(=O)NCCc1ccccc1. The number of amides is 1. The van der Waals surface area contributed by atoms with Gasteiger partial charge in [-0.1, -0.05) is 60.3 Å². The van der Waals surface area contributed by atoms with Crippen molar-refractivity contribution in [2.45, 2.75) is 42.5 Å². The number of thioether (sulfide) groups is 1. The smallest absolute Gasteiger partial charge is 0.233 e. The van der Waals surface area contributed by atoms with E-state index in [2.05, 4.69) is 44.3 Å². The molecule has 1 aliphatic rings. The zero-order valence-corrected chi connectivity index (χ0v) is 16.7. The highest BCUT2D eigenvalue weighted by atomic mass is 32.2. The predicted octanol–water partition coefficient (Wildman–Crippen LogP) is 3.98. The Bertz CT molecular complexity index is 922. The lowest BCUT2D eigenvalue weighted by molar-refractivity contribution is -0.120. The first-order chi connectivity index (χ1) is 13.7. The summed E-state index contributed by atoms with van der Waals surface area (Å²) in [6.07, 6.45) is 3.15. The van der Waals surface area contributed by atoms with Crippen molar-refractivity contribution < 1.29 is 4.79 Å². The first-order valence-corrected chi connectivity index (χ1v) is 10.6. The van der Waals surface area contributed by atoms with E-state index in [4.69, 9.17) is 0 Å². The molecule has 1 aliphatic carbocycles. The van der Waals surface area contributed by atoms with Crippen LogP contribution in [0.1, 0.15) is 37.1 Å². The van der Waals surface area contributed by atoms with Crippen LogP contribution in [0, 0.1) is 0 Å². The zero-order valence-electron chi connectivity index (χ0n) is 15.9. The Morgan fingerprint density at radius 3 is 2.46 bits per heavy atom. The van der Waals surface area contributed by atoms with Crippen molar-refractivity contribution in [3.63, 3.8) is 0 Å². The molecule has 28 heavy (non-hydrogen) atoms. The van der Waals surface area contributed by atoms with E-state index in [9.17, 15) is 4.79 Å². The summed E-state index contributed by atoms with van der Waals surface area (Å²) < 4.78 is 2.11. The van der Waals surface area contributed by atoms with Crippen molar-refractivity contribution in [3.8, 4) is 5.69 Å². The molecule has 6 heteroatoms. The second kappa shape index (κ2) is 8.61. The van der Waals surface area contributed by atoms with Gasteiger partial charge in [0.2, 0.25) is 5.91 Å². The van der Waals surface area contributed by atoms with Gasteiger partial charge < -0.3 is 5.32 Å². The summed E-state index contributed by atoms with van der Waals surface area (Å²) in [7, 11) is 0. The fourth-order valence-corrected chi connectivity index (χ4v) is 4.01. The van der Waals surface area contributed by atoms with E-state index in [1.807, 2.05) is 43.3 Å². The van der Waals surface area contributed by atoms with E-state index in [1.165, 1.54) is 17.3 Å². The maximum atomic E-state index is 12.5. The number of carbonyl (C=O) groups excluding carboxylic acids is 1. The van der Waals surface area contributed by atoms with Crippen LogP contribution in [0.5, 0.6) is 0 Å².